The van der Waals surface area contributed by atoms with Gasteiger partial charge in [0.05, 0.1) is 25.0 Å². The fourth-order valence-electron chi connectivity index (χ4n) is 3.62. The number of methoxy groups -OCH3 is 1. The third-order valence-corrected chi connectivity index (χ3v) is 5.25. The van der Waals surface area contributed by atoms with Gasteiger partial charge in [-0.25, -0.2) is 9.78 Å². The molecule has 1 aliphatic rings. The lowest BCUT2D eigenvalue weighted by Crippen LogP contribution is -2.34. The van der Waals surface area contributed by atoms with Crippen LogP contribution in [-0.2, 0) is 0 Å². The van der Waals surface area contributed by atoms with Gasteiger partial charge in [-0.15, -0.1) is 0 Å². The molecule has 4 rings (SSSR count). The number of benzene rings is 2. The highest BCUT2D eigenvalue weighted by Gasteiger charge is 2.30. The summed E-state index contributed by atoms with van der Waals surface area (Å²) in [5.74, 6) is 2.02. The van der Waals surface area contributed by atoms with Crippen molar-refractivity contribution in [3.8, 4) is 17.4 Å². The minimum atomic E-state index is -0.123. The molecule has 0 radical (unpaired) electrons. The van der Waals surface area contributed by atoms with E-state index in [0.717, 1.165) is 36.4 Å². The Kier molecular flexibility index (Phi) is 5.84. The number of aromatic nitrogens is 1. The maximum absolute atomic E-state index is 12.9. The van der Waals surface area contributed by atoms with Crippen molar-refractivity contribution in [3.05, 3.63) is 78.0 Å². The Morgan fingerprint density at radius 3 is 2.43 bits per heavy atom. The van der Waals surface area contributed by atoms with Gasteiger partial charge in [0.25, 0.3) is 0 Å². The summed E-state index contributed by atoms with van der Waals surface area (Å²) in [6, 6.07) is 19.2. The molecule has 1 aromatic heterocycles. The second-order valence-electron chi connectivity index (χ2n) is 7.35. The van der Waals surface area contributed by atoms with Gasteiger partial charge < -0.3 is 19.7 Å². The van der Waals surface area contributed by atoms with Crippen LogP contribution in [0.25, 0.3) is 0 Å². The first kappa shape index (κ1) is 19.8. The molecule has 1 atom stereocenters. The van der Waals surface area contributed by atoms with E-state index in [1.165, 1.54) is 5.56 Å². The van der Waals surface area contributed by atoms with Crippen molar-refractivity contribution in [1.29, 1.82) is 0 Å². The van der Waals surface area contributed by atoms with Crippen LogP contribution in [-0.4, -0.2) is 29.6 Å². The Bertz CT molecular complexity index is 986. The number of hydrogen-bond donors (Lipinski definition) is 1. The van der Waals surface area contributed by atoms with Crippen molar-refractivity contribution < 1.29 is 14.3 Å². The van der Waals surface area contributed by atoms with Gasteiger partial charge in [0.15, 0.2) is 0 Å². The van der Waals surface area contributed by atoms with Crippen molar-refractivity contribution in [2.45, 2.75) is 25.8 Å². The molecule has 2 amide bonds. The predicted octanol–water partition coefficient (Wildman–Crippen LogP) is 5.56. The molecular formula is C24H25N3O3. The Hall–Kier alpha value is -3.54. The molecule has 154 valence electrons. The topological polar surface area (TPSA) is 63.7 Å². The summed E-state index contributed by atoms with van der Waals surface area (Å²) >= 11 is 0. The molecule has 1 saturated heterocycles. The fraction of sp³-hybridized carbons (Fsp3) is 0.250. The van der Waals surface area contributed by atoms with Crippen LogP contribution >= 0.6 is 0 Å². The van der Waals surface area contributed by atoms with E-state index < -0.39 is 0 Å². The first-order chi connectivity index (χ1) is 14.6. The lowest BCUT2D eigenvalue weighted by atomic mass is 10.0. The average molecular weight is 403 g/mol. The maximum atomic E-state index is 12.9. The van der Waals surface area contributed by atoms with E-state index in [2.05, 4.69) is 10.3 Å². The Balaban J connectivity index is 1.39. The number of amides is 2. The number of rotatable bonds is 5. The molecule has 30 heavy (non-hydrogen) atoms. The zero-order valence-electron chi connectivity index (χ0n) is 17.2. The molecule has 2 heterocycles. The number of carbonyl (C=O) groups is 1. The zero-order valence-corrected chi connectivity index (χ0v) is 17.2. The number of carbonyl (C=O) groups excluding carboxylic acids is 1. The van der Waals surface area contributed by atoms with Gasteiger partial charge in [-0.2, -0.15) is 0 Å². The van der Waals surface area contributed by atoms with E-state index >= 15 is 0 Å². The minimum absolute atomic E-state index is 0.0630. The Labute approximate surface area is 176 Å². The molecule has 0 spiro atoms. The van der Waals surface area contributed by atoms with E-state index in [0.29, 0.717) is 11.6 Å². The number of urea groups is 1. The van der Waals surface area contributed by atoms with Gasteiger partial charge in [0.2, 0.25) is 5.88 Å². The van der Waals surface area contributed by atoms with Crippen LogP contribution < -0.4 is 14.8 Å². The Morgan fingerprint density at radius 2 is 1.77 bits per heavy atom. The van der Waals surface area contributed by atoms with Crippen molar-refractivity contribution >= 4 is 11.7 Å². The highest BCUT2D eigenvalue weighted by atomic mass is 16.5. The summed E-state index contributed by atoms with van der Waals surface area (Å²) in [5, 5.41) is 2.95. The van der Waals surface area contributed by atoms with E-state index in [1.807, 2.05) is 60.4 Å². The number of hydrogen-bond acceptors (Lipinski definition) is 4. The molecule has 1 aliphatic heterocycles. The normalized spacial score (nSPS) is 15.7. The van der Waals surface area contributed by atoms with Gasteiger partial charge in [0.1, 0.15) is 11.5 Å². The van der Waals surface area contributed by atoms with Gasteiger partial charge >= 0.3 is 6.03 Å². The number of ether oxygens (including phenoxy) is 2. The molecule has 0 saturated carbocycles. The largest absolute Gasteiger partial charge is 0.497 e. The number of nitrogens with zero attached hydrogens (tertiary/aromatic N) is 2. The number of likely N-dealkylation sites (tertiary alicyclic amines) is 1. The van der Waals surface area contributed by atoms with Crippen molar-refractivity contribution in [3.63, 3.8) is 0 Å². The molecule has 2 aromatic carbocycles. The first-order valence-electron chi connectivity index (χ1n) is 10.0. The highest BCUT2D eigenvalue weighted by Crippen LogP contribution is 2.33. The van der Waals surface area contributed by atoms with Crippen molar-refractivity contribution in [1.82, 2.24) is 9.88 Å². The molecule has 6 nitrogen and oxygen atoms in total. The van der Waals surface area contributed by atoms with Crippen molar-refractivity contribution in [2.75, 3.05) is 19.0 Å². The van der Waals surface area contributed by atoms with Crippen LogP contribution in [0, 0.1) is 6.92 Å². The zero-order chi connectivity index (χ0) is 20.9. The van der Waals surface area contributed by atoms with Crippen LogP contribution in [0.2, 0.25) is 0 Å². The summed E-state index contributed by atoms with van der Waals surface area (Å²) in [6.45, 7) is 2.75. The minimum Gasteiger partial charge on any atom is -0.497 e. The summed E-state index contributed by atoms with van der Waals surface area (Å²) in [4.78, 5) is 19.0. The second-order valence-corrected chi connectivity index (χ2v) is 7.35. The lowest BCUT2D eigenvalue weighted by molar-refractivity contribution is 0.207. The van der Waals surface area contributed by atoms with Crippen LogP contribution in [0.5, 0.6) is 17.4 Å². The molecule has 1 unspecified atom stereocenters. The molecule has 0 bridgehead atoms. The predicted molar refractivity (Wildman–Crippen MR) is 116 cm³/mol. The highest BCUT2D eigenvalue weighted by molar-refractivity contribution is 5.89. The van der Waals surface area contributed by atoms with Crippen LogP contribution in [0.4, 0.5) is 10.5 Å². The van der Waals surface area contributed by atoms with Crippen LogP contribution in [0.3, 0.4) is 0 Å². The van der Waals surface area contributed by atoms with Crippen molar-refractivity contribution in [2.24, 2.45) is 0 Å². The lowest BCUT2D eigenvalue weighted by Gasteiger charge is -2.25. The van der Waals surface area contributed by atoms with E-state index in [1.54, 1.807) is 25.4 Å². The number of aryl methyl sites for hydroxylation is 1. The van der Waals surface area contributed by atoms with Gasteiger partial charge in [-0.3, -0.25) is 0 Å². The third-order valence-electron chi connectivity index (χ3n) is 5.25. The number of anilines is 1. The van der Waals surface area contributed by atoms with Gasteiger partial charge in [0, 0.05) is 12.6 Å². The van der Waals surface area contributed by atoms with Gasteiger partial charge in [-0.1, -0.05) is 29.8 Å². The fourth-order valence-corrected chi connectivity index (χ4v) is 3.62. The van der Waals surface area contributed by atoms with E-state index in [-0.39, 0.29) is 12.1 Å². The third kappa shape index (κ3) is 4.54. The summed E-state index contributed by atoms with van der Waals surface area (Å²) in [6.07, 6.45) is 3.53. The summed E-state index contributed by atoms with van der Waals surface area (Å²) in [5.41, 5.74) is 2.92. The summed E-state index contributed by atoms with van der Waals surface area (Å²) in [7, 11) is 1.65. The van der Waals surface area contributed by atoms with E-state index in [9.17, 15) is 4.79 Å². The van der Waals surface area contributed by atoms with Gasteiger partial charge in [-0.05, 0) is 55.7 Å². The average Bonchev–Trinajstić information content (AvgIpc) is 3.27. The molecular weight excluding hydrogens is 378 g/mol. The number of pyridine rings is 1. The van der Waals surface area contributed by atoms with Crippen LogP contribution in [0.15, 0.2) is 66.9 Å². The second kappa shape index (κ2) is 8.86. The molecule has 1 N–H and O–H groups in total. The molecule has 6 heteroatoms. The first-order valence-corrected chi connectivity index (χ1v) is 10.0. The molecule has 1 fully saturated rings. The molecule has 3 aromatic rings. The maximum Gasteiger partial charge on any atom is 0.322 e. The smallest absolute Gasteiger partial charge is 0.322 e. The monoisotopic (exact) mass is 403 g/mol. The SMILES string of the molecule is COc1ccc(C2CCCN2C(=O)Nc2ccc(Oc3ccc(C)cc3)nc2)cc1. The van der Waals surface area contributed by atoms with E-state index in [4.69, 9.17) is 9.47 Å². The standard InChI is InChI=1S/C24H25N3O3/c1-17-5-10-21(11-6-17)30-23-14-9-19(16-25-23)26-24(28)27-15-3-4-22(27)18-7-12-20(29-2)13-8-18/h5-14,16,22H,3-4,15H2,1-2H3,(H,26,28). The molecule has 0 aliphatic carbocycles. The Morgan fingerprint density at radius 1 is 1.03 bits per heavy atom. The number of nitrogens with one attached hydrogen (secondary N) is 1. The quantitative estimate of drug-likeness (QED) is 0.606. The summed E-state index contributed by atoms with van der Waals surface area (Å²) < 4.78 is 11.0. The van der Waals surface area contributed by atoms with Crippen LogP contribution in [0.1, 0.15) is 30.0 Å².